The Morgan fingerprint density at radius 1 is 1.17 bits per heavy atom. The molecule has 7 heteroatoms. The van der Waals surface area contributed by atoms with Crippen LogP contribution in [0, 0.1) is 11.6 Å². The zero-order valence-electron chi connectivity index (χ0n) is 12.7. The molecule has 2 aromatic rings. The number of carbonyl (C=O) groups excluding carboxylic acids is 2. The summed E-state index contributed by atoms with van der Waals surface area (Å²) in [5.74, 6) is -2.82. The molecule has 2 N–H and O–H groups in total. The van der Waals surface area contributed by atoms with Gasteiger partial charge in [-0.1, -0.05) is 0 Å². The summed E-state index contributed by atoms with van der Waals surface area (Å²) in [4.78, 5) is 22.9. The Balaban J connectivity index is 2.17. The second kappa shape index (κ2) is 7.47. The number of aromatic nitrogens is 1. The largest absolute Gasteiger partial charge is 0.350 e. The van der Waals surface area contributed by atoms with E-state index < -0.39 is 23.3 Å². The molecule has 0 unspecified atom stereocenters. The highest BCUT2D eigenvalue weighted by Gasteiger charge is 2.10. The van der Waals surface area contributed by atoms with Crippen LogP contribution in [0.25, 0.3) is 12.2 Å². The number of aryl methyl sites for hydroxylation is 1. The van der Waals surface area contributed by atoms with E-state index in [1.54, 1.807) is 23.9 Å². The Labute approximate surface area is 136 Å². The number of halogens is 2. The van der Waals surface area contributed by atoms with E-state index in [0.717, 1.165) is 30.4 Å². The number of ketones is 1. The van der Waals surface area contributed by atoms with Crippen LogP contribution in [0.4, 0.5) is 8.78 Å². The fourth-order valence-electron chi connectivity index (χ4n) is 2.01. The number of benzene rings is 1. The zero-order chi connectivity index (χ0) is 17.7. The van der Waals surface area contributed by atoms with E-state index in [-0.39, 0.29) is 5.56 Å². The van der Waals surface area contributed by atoms with Gasteiger partial charge < -0.3 is 4.57 Å². The molecule has 0 fully saturated rings. The maximum absolute atomic E-state index is 13.5. The Kier molecular flexibility index (Phi) is 5.39. The van der Waals surface area contributed by atoms with Gasteiger partial charge in [0.1, 0.15) is 11.6 Å². The van der Waals surface area contributed by atoms with Crippen LogP contribution in [0.2, 0.25) is 0 Å². The summed E-state index contributed by atoms with van der Waals surface area (Å²) in [6.45, 7) is 0. The van der Waals surface area contributed by atoms with Crippen LogP contribution in [0.5, 0.6) is 0 Å². The van der Waals surface area contributed by atoms with E-state index in [4.69, 9.17) is 5.21 Å². The summed E-state index contributed by atoms with van der Waals surface area (Å²) >= 11 is 0. The molecule has 0 saturated carbocycles. The fraction of sp³-hybridized carbons (Fsp3) is 0.0588. The van der Waals surface area contributed by atoms with Gasteiger partial charge in [0.2, 0.25) is 0 Å². The number of allylic oxidation sites excluding steroid dienone is 1. The second-order valence-corrected chi connectivity index (χ2v) is 4.94. The van der Waals surface area contributed by atoms with Gasteiger partial charge in [0.05, 0.1) is 5.56 Å². The number of rotatable bonds is 5. The normalized spacial score (nSPS) is 11.3. The van der Waals surface area contributed by atoms with Crippen LogP contribution >= 0.6 is 0 Å². The van der Waals surface area contributed by atoms with E-state index in [9.17, 15) is 18.4 Å². The zero-order valence-corrected chi connectivity index (χ0v) is 12.7. The van der Waals surface area contributed by atoms with E-state index in [0.29, 0.717) is 11.3 Å². The first-order chi connectivity index (χ1) is 11.4. The number of hydrogen-bond donors (Lipinski definition) is 2. The molecule has 0 bridgehead atoms. The third-order valence-electron chi connectivity index (χ3n) is 3.20. The topological polar surface area (TPSA) is 71.3 Å². The van der Waals surface area contributed by atoms with E-state index in [2.05, 4.69) is 0 Å². The first-order valence-corrected chi connectivity index (χ1v) is 6.86. The first-order valence-electron chi connectivity index (χ1n) is 6.86. The van der Waals surface area contributed by atoms with Crippen molar-refractivity contribution in [3.05, 3.63) is 71.1 Å². The maximum atomic E-state index is 13.5. The van der Waals surface area contributed by atoms with Gasteiger partial charge in [-0.25, -0.2) is 14.3 Å². The molecule has 1 amide bonds. The van der Waals surface area contributed by atoms with E-state index >= 15 is 0 Å². The Hall–Kier alpha value is -3.06. The summed E-state index contributed by atoms with van der Waals surface area (Å²) in [6.07, 6.45) is 6.88. The summed E-state index contributed by atoms with van der Waals surface area (Å²) in [5.41, 5.74) is 2.40. The van der Waals surface area contributed by atoms with Crippen LogP contribution in [-0.4, -0.2) is 21.5 Å². The Morgan fingerprint density at radius 3 is 2.62 bits per heavy atom. The number of hydroxylamine groups is 1. The average Bonchev–Trinajstić information content (AvgIpc) is 2.92. The maximum Gasteiger partial charge on any atom is 0.267 e. The Morgan fingerprint density at radius 2 is 1.92 bits per heavy atom. The lowest BCUT2D eigenvalue weighted by Gasteiger charge is -1.98. The van der Waals surface area contributed by atoms with Crippen molar-refractivity contribution in [2.45, 2.75) is 0 Å². The predicted octanol–water partition coefficient (Wildman–Crippen LogP) is 2.72. The van der Waals surface area contributed by atoms with Crippen LogP contribution in [-0.2, 0) is 11.8 Å². The lowest BCUT2D eigenvalue weighted by atomic mass is 10.1. The van der Waals surface area contributed by atoms with Crippen molar-refractivity contribution in [1.82, 2.24) is 10.0 Å². The summed E-state index contributed by atoms with van der Waals surface area (Å²) in [6, 6.07) is 4.35. The summed E-state index contributed by atoms with van der Waals surface area (Å²) < 4.78 is 28.3. The number of nitrogens with one attached hydrogen (secondary N) is 1. The molecular formula is C17H14F2N2O3. The number of carbonyl (C=O) groups is 2. The SMILES string of the molecule is Cn1cc(/C=C/C(=O)c2cc(F)ccc2F)cc1/C=C/C(=O)NO. The molecule has 0 atom stereocenters. The molecule has 0 spiro atoms. The van der Waals surface area contributed by atoms with E-state index in [1.165, 1.54) is 17.6 Å². The third-order valence-corrected chi connectivity index (χ3v) is 3.20. The van der Waals surface area contributed by atoms with Crippen molar-refractivity contribution in [2.24, 2.45) is 7.05 Å². The molecule has 24 heavy (non-hydrogen) atoms. The molecule has 5 nitrogen and oxygen atoms in total. The monoisotopic (exact) mass is 332 g/mol. The quantitative estimate of drug-likeness (QED) is 0.383. The summed E-state index contributed by atoms with van der Waals surface area (Å²) in [7, 11) is 1.72. The van der Waals surface area contributed by atoms with Crippen molar-refractivity contribution < 1.29 is 23.6 Å². The van der Waals surface area contributed by atoms with Crippen molar-refractivity contribution >= 4 is 23.8 Å². The molecule has 0 aliphatic rings. The van der Waals surface area contributed by atoms with E-state index in [1.807, 2.05) is 0 Å². The van der Waals surface area contributed by atoms with Crippen LogP contribution in [0.3, 0.4) is 0 Å². The van der Waals surface area contributed by atoms with Crippen LogP contribution in [0.15, 0.2) is 42.6 Å². The minimum atomic E-state index is -0.794. The smallest absolute Gasteiger partial charge is 0.267 e. The second-order valence-electron chi connectivity index (χ2n) is 4.94. The van der Waals surface area contributed by atoms with Gasteiger partial charge in [-0.15, -0.1) is 0 Å². The fourth-order valence-corrected chi connectivity index (χ4v) is 2.01. The highest BCUT2D eigenvalue weighted by Crippen LogP contribution is 2.14. The van der Waals surface area contributed by atoms with Crippen molar-refractivity contribution in [2.75, 3.05) is 0 Å². The highest BCUT2D eigenvalue weighted by atomic mass is 19.1. The van der Waals surface area contributed by atoms with Crippen LogP contribution < -0.4 is 5.48 Å². The molecule has 0 radical (unpaired) electrons. The highest BCUT2D eigenvalue weighted by molar-refractivity contribution is 6.07. The molecule has 0 aliphatic heterocycles. The first kappa shape index (κ1) is 17.3. The van der Waals surface area contributed by atoms with Gasteiger partial charge in [0.25, 0.3) is 5.91 Å². The van der Waals surface area contributed by atoms with Crippen molar-refractivity contribution in [1.29, 1.82) is 0 Å². The molecular weight excluding hydrogens is 318 g/mol. The minimum absolute atomic E-state index is 0.345. The molecule has 124 valence electrons. The van der Waals surface area contributed by atoms with Gasteiger partial charge in [0.15, 0.2) is 5.78 Å². The molecule has 0 aliphatic carbocycles. The van der Waals surface area contributed by atoms with Crippen molar-refractivity contribution in [3.63, 3.8) is 0 Å². The lowest BCUT2D eigenvalue weighted by Crippen LogP contribution is -2.14. The molecule has 2 rings (SSSR count). The Bertz CT molecular complexity index is 838. The average molecular weight is 332 g/mol. The van der Waals surface area contributed by atoms with Gasteiger partial charge >= 0.3 is 0 Å². The molecule has 1 aromatic carbocycles. The molecule has 1 heterocycles. The predicted molar refractivity (Wildman–Crippen MR) is 84.1 cm³/mol. The standard InChI is InChI=1S/C17H14F2N2O3/c1-21-10-11(8-13(21)4-7-17(23)20-24)2-6-16(22)14-9-12(18)3-5-15(14)19/h2-10,24H,1H3,(H,20,23)/b6-2+,7-4+. The molecule has 0 saturated heterocycles. The minimum Gasteiger partial charge on any atom is -0.350 e. The van der Waals surface area contributed by atoms with Gasteiger partial charge in [-0.05, 0) is 48.1 Å². The number of hydrogen-bond acceptors (Lipinski definition) is 3. The number of nitrogens with zero attached hydrogens (tertiary/aromatic N) is 1. The summed E-state index contributed by atoms with van der Waals surface area (Å²) in [5, 5.41) is 8.42. The molecule has 1 aromatic heterocycles. The van der Waals surface area contributed by atoms with Gasteiger partial charge in [-0.3, -0.25) is 14.8 Å². The van der Waals surface area contributed by atoms with Crippen molar-refractivity contribution in [3.8, 4) is 0 Å². The number of amides is 1. The third kappa shape index (κ3) is 4.23. The van der Waals surface area contributed by atoms with Gasteiger partial charge in [-0.2, -0.15) is 0 Å². The van der Waals surface area contributed by atoms with Crippen LogP contribution in [0.1, 0.15) is 21.6 Å². The van der Waals surface area contributed by atoms with Gasteiger partial charge in [0, 0.05) is 25.0 Å². The lowest BCUT2D eigenvalue weighted by molar-refractivity contribution is -0.124.